The van der Waals surface area contributed by atoms with Crippen LogP contribution in [0.3, 0.4) is 0 Å². The molecule has 0 aromatic carbocycles. The molecule has 0 saturated heterocycles. The molecule has 0 unspecified atom stereocenters. The Labute approximate surface area is 79.9 Å². The van der Waals surface area contributed by atoms with Crippen molar-refractivity contribution in [2.45, 2.75) is 6.18 Å². The Morgan fingerprint density at radius 1 is 1.33 bits per heavy atom. The molecule has 0 atom stereocenters. The third kappa shape index (κ3) is 5.29. The van der Waals surface area contributed by atoms with Gasteiger partial charge < -0.3 is 14.7 Å². The smallest absolute Gasteiger partial charge is 0.475 e. The summed E-state index contributed by atoms with van der Waals surface area (Å²) in [4.78, 5) is 18.8. The van der Waals surface area contributed by atoms with E-state index in [1.165, 1.54) is 12.3 Å². The molecule has 0 fully saturated rings. The molecule has 1 aromatic rings. The number of nitrogens with zero attached hydrogens (tertiary/aromatic N) is 1. The average molecular weight is 227 g/mol. The van der Waals surface area contributed by atoms with Gasteiger partial charge in [-0.1, -0.05) is 5.16 Å². The maximum atomic E-state index is 10.6. The number of rotatable bonds is 1. The minimum absolute atomic E-state index is 0.134. The van der Waals surface area contributed by atoms with Crippen LogP contribution in [0, 0.1) is 0 Å². The normalized spacial score (nSPS) is 10.1. The van der Waals surface area contributed by atoms with E-state index in [2.05, 4.69) is 9.68 Å². The zero-order valence-electron chi connectivity index (χ0n) is 6.85. The van der Waals surface area contributed by atoms with Crippen LogP contribution in [0.25, 0.3) is 0 Å². The Hall–Kier alpha value is -2.06. The fourth-order valence-electron chi connectivity index (χ4n) is 0.326. The molecule has 1 heterocycles. The van der Waals surface area contributed by atoms with Gasteiger partial charge in [0.1, 0.15) is 0 Å². The van der Waals surface area contributed by atoms with Crippen LogP contribution in [0.1, 0.15) is 10.6 Å². The molecule has 0 aliphatic rings. The molecule has 1 rings (SSSR count). The fraction of sp³-hybridized carbons (Fsp3) is 0.167. The molecule has 0 saturated carbocycles. The highest BCUT2D eigenvalue weighted by atomic mass is 19.4. The van der Waals surface area contributed by atoms with Gasteiger partial charge in [0.15, 0.2) is 0 Å². The number of carbonyl (C=O) groups is 2. The Morgan fingerprint density at radius 2 is 1.80 bits per heavy atom. The predicted octanol–water partition coefficient (Wildman–Crippen LogP) is 1.01. The SMILES string of the molecule is O=C(O)C(F)(F)F.O=C(O)c1ccno1. The third-order valence-corrected chi connectivity index (χ3v) is 0.891. The molecule has 84 valence electrons. The third-order valence-electron chi connectivity index (χ3n) is 0.891. The molecular weight excluding hydrogens is 223 g/mol. The summed E-state index contributed by atoms with van der Waals surface area (Å²) in [6, 6.07) is 1.28. The van der Waals surface area contributed by atoms with Gasteiger partial charge in [-0.05, 0) is 0 Å². The van der Waals surface area contributed by atoms with Crippen molar-refractivity contribution in [2.24, 2.45) is 0 Å². The topological polar surface area (TPSA) is 101 Å². The van der Waals surface area contributed by atoms with Gasteiger partial charge in [0, 0.05) is 6.07 Å². The summed E-state index contributed by atoms with van der Waals surface area (Å²) in [7, 11) is 0. The summed E-state index contributed by atoms with van der Waals surface area (Å²) in [5.74, 6) is -3.99. The zero-order valence-corrected chi connectivity index (χ0v) is 6.85. The zero-order chi connectivity index (χ0) is 12.1. The van der Waals surface area contributed by atoms with Crippen molar-refractivity contribution >= 4 is 11.9 Å². The molecule has 0 bridgehead atoms. The fourth-order valence-corrected chi connectivity index (χ4v) is 0.326. The first kappa shape index (κ1) is 12.9. The molecule has 0 radical (unpaired) electrons. The summed E-state index contributed by atoms with van der Waals surface area (Å²) in [5, 5.41) is 18.5. The maximum Gasteiger partial charge on any atom is 0.490 e. The van der Waals surface area contributed by atoms with Crippen molar-refractivity contribution in [2.75, 3.05) is 0 Å². The van der Waals surface area contributed by atoms with Crippen molar-refractivity contribution in [1.82, 2.24) is 5.16 Å². The van der Waals surface area contributed by atoms with Gasteiger partial charge in [0.2, 0.25) is 5.76 Å². The lowest BCUT2D eigenvalue weighted by atomic mass is 10.5. The average Bonchev–Trinajstić information content (AvgIpc) is 2.54. The first-order valence-electron chi connectivity index (χ1n) is 3.19. The summed E-state index contributed by atoms with van der Waals surface area (Å²) in [5.41, 5.74) is 0. The van der Waals surface area contributed by atoms with Crippen molar-refractivity contribution in [3.05, 3.63) is 18.0 Å². The van der Waals surface area contributed by atoms with E-state index >= 15 is 0 Å². The number of alkyl halides is 3. The van der Waals surface area contributed by atoms with Crippen molar-refractivity contribution in [3.8, 4) is 0 Å². The lowest BCUT2D eigenvalue weighted by Crippen LogP contribution is -2.21. The van der Waals surface area contributed by atoms with E-state index in [0.717, 1.165) is 0 Å². The van der Waals surface area contributed by atoms with Gasteiger partial charge in [-0.25, -0.2) is 9.59 Å². The lowest BCUT2D eigenvalue weighted by molar-refractivity contribution is -0.192. The van der Waals surface area contributed by atoms with Gasteiger partial charge >= 0.3 is 18.1 Å². The number of aromatic carboxylic acids is 1. The van der Waals surface area contributed by atoms with E-state index in [1.54, 1.807) is 0 Å². The molecule has 1 aromatic heterocycles. The van der Waals surface area contributed by atoms with Crippen LogP contribution in [0.5, 0.6) is 0 Å². The Balaban J connectivity index is 0.000000265. The van der Waals surface area contributed by atoms with Crippen molar-refractivity contribution in [3.63, 3.8) is 0 Å². The largest absolute Gasteiger partial charge is 0.490 e. The molecule has 0 amide bonds. The summed E-state index contributed by atoms with van der Waals surface area (Å²) >= 11 is 0. The number of hydrogen-bond donors (Lipinski definition) is 2. The quantitative estimate of drug-likeness (QED) is 0.742. The predicted molar refractivity (Wildman–Crippen MR) is 37.2 cm³/mol. The molecule has 15 heavy (non-hydrogen) atoms. The van der Waals surface area contributed by atoms with E-state index in [4.69, 9.17) is 15.0 Å². The highest BCUT2D eigenvalue weighted by molar-refractivity contribution is 5.83. The number of carboxylic acid groups (broad SMARTS) is 2. The van der Waals surface area contributed by atoms with Crippen LogP contribution in [0.4, 0.5) is 13.2 Å². The van der Waals surface area contributed by atoms with E-state index in [0.29, 0.717) is 0 Å². The molecule has 0 aliphatic heterocycles. The Bertz CT molecular complexity index is 331. The summed E-state index contributed by atoms with van der Waals surface area (Å²) in [6.07, 6.45) is -3.80. The second kappa shape index (κ2) is 4.98. The van der Waals surface area contributed by atoms with Crippen LogP contribution in [0.2, 0.25) is 0 Å². The number of carboxylic acids is 2. The number of hydrogen-bond acceptors (Lipinski definition) is 4. The van der Waals surface area contributed by atoms with Gasteiger partial charge in [0.25, 0.3) is 0 Å². The Morgan fingerprint density at radius 3 is 1.93 bits per heavy atom. The van der Waals surface area contributed by atoms with Gasteiger partial charge in [-0.3, -0.25) is 0 Å². The molecule has 2 N–H and O–H groups in total. The van der Waals surface area contributed by atoms with Crippen LogP contribution >= 0.6 is 0 Å². The first-order chi connectivity index (χ1) is 6.75. The van der Waals surface area contributed by atoms with Gasteiger partial charge in [-0.15, -0.1) is 0 Å². The highest BCUT2D eigenvalue weighted by Crippen LogP contribution is 2.13. The monoisotopic (exact) mass is 227 g/mol. The summed E-state index contributed by atoms with van der Waals surface area (Å²) in [6.45, 7) is 0. The molecule has 9 heteroatoms. The van der Waals surface area contributed by atoms with Crippen LogP contribution in [-0.2, 0) is 4.79 Å². The van der Waals surface area contributed by atoms with Gasteiger partial charge in [-0.2, -0.15) is 13.2 Å². The van der Waals surface area contributed by atoms with Crippen molar-refractivity contribution < 1.29 is 37.5 Å². The number of aliphatic carboxylic acids is 1. The highest BCUT2D eigenvalue weighted by Gasteiger charge is 2.38. The van der Waals surface area contributed by atoms with E-state index in [1.807, 2.05) is 0 Å². The number of aromatic nitrogens is 1. The molecular formula is C6H4F3NO5. The minimum atomic E-state index is -5.08. The van der Waals surface area contributed by atoms with Crippen LogP contribution in [0.15, 0.2) is 16.8 Å². The minimum Gasteiger partial charge on any atom is -0.475 e. The van der Waals surface area contributed by atoms with E-state index < -0.39 is 18.1 Å². The molecule has 0 spiro atoms. The molecule has 6 nitrogen and oxygen atoms in total. The Kier molecular flexibility index (Phi) is 4.30. The second-order valence-electron chi connectivity index (χ2n) is 1.98. The standard InChI is InChI=1S/C4H3NO3.C2HF3O2/c6-4(7)3-1-2-5-8-3;3-2(4,5)1(6)7/h1-2H,(H,6,7);(H,6,7). The second-order valence-corrected chi connectivity index (χ2v) is 1.98. The maximum absolute atomic E-state index is 10.6. The number of halogens is 3. The van der Waals surface area contributed by atoms with Crippen LogP contribution in [-0.4, -0.2) is 33.5 Å². The lowest BCUT2D eigenvalue weighted by Gasteiger charge is -1.93. The van der Waals surface area contributed by atoms with Crippen molar-refractivity contribution in [1.29, 1.82) is 0 Å². The van der Waals surface area contributed by atoms with E-state index in [-0.39, 0.29) is 5.76 Å². The first-order valence-corrected chi connectivity index (χ1v) is 3.19. The van der Waals surface area contributed by atoms with Gasteiger partial charge in [0.05, 0.1) is 6.20 Å². The molecule has 0 aliphatic carbocycles. The summed E-state index contributed by atoms with van der Waals surface area (Å²) < 4.78 is 36.0. The van der Waals surface area contributed by atoms with E-state index in [9.17, 15) is 18.0 Å². The van der Waals surface area contributed by atoms with Crippen LogP contribution < -0.4 is 0 Å².